The van der Waals surface area contributed by atoms with Gasteiger partial charge < -0.3 is 22.7 Å². The molecule has 10 aromatic carbocycles. The number of furan rings is 1. The number of aromatic nitrogens is 4. The largest absolute Gasteiger partial charge is 0.456 e. The first-order chi connectivity index (χ1) is 32.3. The smallest absolute Gasteiger partial charge is 0.135 e. The molecule has 0 spiro atoms. The quantitative estimate of drug-likeness (QED) is 0.174. The molecule has 0 bridgehead atoms. The summed E-state index contributed by atoms with van der Waals surface area (Å²) < 4.78 is 16.4. The summed E-state index contributed by atoms with van der Waals surface area (Å²) in [7, 11) is 0. The molecule has 0 fully saturated rings. The van der Waals surface area contributed by atoms with E-state index >= 15 is 0 Å². The van der Waals surface area contributed by atoms with E-state index in [9.17, 15) is 0 Å². The number of fused-ring (bicyclic) bond motifs is 17. The Bertz CT molecular complexity index is 4460. The van der Waals surface area contributed by atoms with Crippen molar-refractivity contribution < 1.29 is 4.42 Å². The fourth-order valence-corrected chi connectivity index (χ4v) is 11.4. The molecule has 0 amide bonds. The molecule has 0 aliphatic heterocycles. The van der Waals surface area contributed by atoms with Gasteiger partial charge in [0.1, 0.15) is 11.2 Å². The molecule has 65 heavy (non-hydrogen) atoms. The van der Waals surface area contributed by atoms with Crippen LogP contribution in [0.1, 0.15) is 0 Å². The molecule has 15 rings (SSSR count). The van der Waals surface area contributed by atoms with E-state index in [4.69, 9.17) is 4.42 Å². The van der Waals surface area contributed by atoms with Gasteiger partial charge in [-0.05, 0) is 91.0 Å². The second kappa shape index (κ2) is 12.9. The molecular weight excluding hydrogens is 793 g/mol. The molecule has 0 unspecified atom stereocenters. The number of rotatable bonds is 4. The van der Waals surface area contributed by atoms with Gasteiger partial charge in [0.15, 0.2) is 0 Å². The van der Waals surface area contributed by atoms with Crippen LogP contribution in [0.15, 0.2) is 223 Å². The van der Waals surface area contributed by atoms with Crippen molar-refractivity contribution in [3.05, 3.63) is 218 Å². The third kappa shape index (κ3) is 4.60. The number of nitrogens with zero attached hydrogens (tertiary/aromatic N) is 4. The summed E-state index contributed by atoms with van der Waals surface area (Å²) in [6.45, 7) is 0. The Kier molecular flexibility index (Phi) is 6.89. The van der Waals surface area contributed by atoms with Crippen molar-refractivity contribution in [2.24, 2.45) is 0 Å². The molecule has 5 heteroatoms. The summed E-state index contributed by atoms with van der Waals surface area (Å²) in [5.74, 6) is 0. The summed E-state index contributed by atoms with van der Waals surface area (Å²) >= 11 is 0. The van der Waals surface area contributed by atoms with Gasteiger partial charge in [-0.25, -0.2) is 0 Å². The Hall–Kier alpha value is -8.80. The summed E-state index contributed by atoms with van der Waals surface area (Å²) in [5, 5.41) is 12.0. The van der Waals surface area contributed by atoms with Crippen molar-refractivity contribution in [2.75, 3.05) is 0 Å². The molecule has 0 N–H and O–H groups in total. The summed E-state index contributed by atoms with van der Waals surface area (Å²) in [6, 6.07) is 79.6. The van der Waals surface area contributed by atoms with Crippen LogP contribution in [0.3, 0.4) is 0 Å². The lowest BCUT2D eigenvalue weighted by Crippen LogP contribution is -1.97. The maximum atomic E-state index is 6.39. The fraction of sp³-hybridized carbons (Fsp3) is 0. The predicted octanol–water partition coefficient (Wildman–Crippen LogP) is 16.0. The van der Waals surface area contributed by atoms with Crippen molar-refractivity contribution in [2.45, 2.75) is 0 Å². The number of hydrogen-bond acceptors (Lipinski definition) is 1. The minimum absolute atomic E-state index is 0.882. The van der Waals surface area contributed by atoms with Gasteiger partial charge in [-0.1, -0.05) is 127 Å². The van der Waals surface area contributed by atoms with Crippen LogP contribution >= 0.6 is 0 Å². The van der Waals surface area contributed by atoms with Crippen molar-refractivity contribution in [3.8, 4) is 22.7 Å². The van der Waals surface area contributed by atoms with E-state index in [2.05, 4.69) is 231 Å². The SMILES string of the molecule is c1ccc(-n2c3ccccc3c3c(-n4c5ccccc5c5ccc6c(c7c(ccc8c9ccccc9n(-c9ccccc9)c87)n6-c6ccc7oc8ccccc8c7c6)c54)cccc32)cc1. The molecule has 0 aliphatic carbocycles. The van der Waals surface area contributed by atoms with Gasteiger partial charge in [0.05, 0.1) is 49.8 Å². The van der Waals surface area contributed by atoms with Crippen LogP contribution in [0.2, 0.25) is 0 Å². The zero-order chi connectivity index (χ0) is 42.3. The maximum Gasteiger partial charge on any atom is 0.135 e. The van der Waals surface area contributed by atoms with E-state index in [0.29, 0.717) is 0 Å². The molecule has 0 saturated carbocycles. The van der Waals surface area contributed by atoms with Crippen LogP contribution in [-0.2, 0) is 0 Å². The summed E-state index contributed by atoms with van der Waals surface area (Å²) in [6.07, 6.45) is 0. The first-order valence-electron chi connectivity index (χ1n) is 22.3. The third-order valence-corrected chi connectivity index (χ3v) is 13.9. The van der Waals surface area contributed by atoms with Crippen LogP contribution < -0.4 is 0 Å². The zero-order valence-electron chi connectivity index (χ0n) is 35.0. The van der Waals surface area contributed by atoms with Gasteiger partial charge in [-0.15, -0.1) is 0 Å². The summed E-state index contributed by atoms with van der Waals surface area (Å²) in [5.41, 5.74) is 15.6. The van der Waals surface area contributed by atoms with Crippen molar-refractivity contribution in [1.82, 2.24) is 18.3 Å². The highest BCUT2D eigenvalue weighted by molar-refractivity contribution is 6.33. The van der Waals surface area contributed by atoms with Gasteiger partial charge in [-0.2, -0.15) is 0 Å². The Morgan fingerprint density at radius 1 is 0.246 bits per heavy atom. The topological polar surface area (TPSA) is 32.9 Å². The van der Waals surface area contributed by atoms with E-state index in [-0.39, 0.29) is 0 Å². The lowest BCUT2D eigenvalue weighted by molar-refractivity contribution is 0.669. The van der Waals surface area contributed by atoms with Gasteiger partial charge in [0.25, 0.3) is 0 Å². The second-order valence-corrected chi connectivity index (χ2v) is 17.2. The second-order valence-electron chi connectivity index (χ2n) is 17.2. The van der Waals surface area contributed by atoms with Crippen molar-refractivity contribution >= 4 is 109 Å². The van der Waals surface area contributed by atoms with E-state index in [0.717, 1.165) is 55.7 Å². The molecule has 5 nitrogen and oxygen atoms in total. The molecule has 15 aromatic rings. The minimum Gasteiger partial charge on any atom is -0.456 e. The van der Waals surface area contributed by atoms with Crippen molar-refractivity contribution in [3.63, 3.8) is 0 Å². The Labute approximate surface area is 371 Å². The Morgan fingerprint density at radius 3 is 1.40 bits per heavy atom. The highest BCUT2D eigenvalue weighted by Crippen LogP contribution is 2.48. The number of para-hydroxylation sites is 6. The average molecular weight is 829 g/mol. The lowest BCUT2D eigenvalue weighted by atomic mass is 10.0. The first-order valence-corrected chi connectivity index (χ1v) is 22.3. The summed E-state index contributed by atoms with van der Waals surface area (Å²) in [4.78, 5) is 0. The van der Waals surface area contributed by atoms with Crippen LogP contribution in [0.4, 0.5) is 0 Å². The third-order valence-electron chi connectivity index (χ3n) is 13.9. The van der Waals surface area contributed by atoms with E-state index in [1.165, 1.54) is 76.2 Å². The normalized spacial score (nSPS) is 12.3. The minimum atomic E-state index is 0.882. The molecule has 0 atom stereocenters. The Balaban J connectivity index is 1.18. The number of benzene rings is 10. The van der Waals surface area contributed by atoms with Crippen LogP contribution in [0.5, 0.6) is 0 Å². The molecule has 5 aromatic heterocycles. The van der Waals surface area contributed by atoms with E-state index < -0.39 is 0 Å². The maximum absolute atomic E-state index is 6.39. The number of hydrogen-bond donors (Lipinski definition) is 0. The molecule has 302 valence electrons. The molecular formula is C60H36N4O. The molecule has 5 heterocycles. The lowest BCUT2D eigenvalue weighted by Gasteiger charge is -2.13. The molecule has 0 aliphatic rings. The molecule has 0 radical (unpaired) electrons. The monoisotopic (exact) mass is 828 g/mol. The van der Waals surface area contributed by atoms with Crippen LogP contribution in [0, 0.1) is 0 Å². The van der Waals surface area contributed by atoms with Crippen LogP contribution in [0.25, 0.3) is 132 Å². The predicted molar refractivity (Wildman–Crippen MR) is 271 cm³/mol. The standard InChI is InChI=1S/C60H36N4O/c1-3-16-37(17-4-1)61-49-26-13-9-23-45(49)56-50(61)27-15-28-51(56)64-48-25-12-8-21-41(48)44-32-34-53-58(60(44)64)57-52(62(53)39-30-35-55-46(36-39)42-22-10-14-29-54(42)65-55)33-31-43-40-20-7-11-24-47(40)63(59(43)57)38-18-5-2-6-19-38/h1-36H. The van der Waals surface area contributed by atoms with E-state index in [1.54, 1.807) is 0 Å². The average Bonchev–Trinajstić information content (AvgIpc) is 4.17. The fourth-order valence-electron chi connectivity index (χ4n) is 11.4. The first kappa shape index (κ1) is 34.7. The highest BCUT2D eigenvalue weighted by atomic mass is 16.3. The van der Waals surface area contributed by atoms with E-state index in [1.807, 2.05) is 6.07 Å². The Morgan fingerprint density at radius 2 is 0.723 bits per heavy atom. The zero-order valence-corrected chi connectivity index (χ0v) is 35.0. The van der Waals surface area contributed by atoms with Crippen molar-refractivity contribution in [1.29, 1.82) is 0 Å². The van der Waals surface area contributed by atoms with Gasteiger partial charge in [0.2, 0.25) is 0 Å². The van der Waals surface area contributed by atoms with Gasteiger partial charge in [0, 0.05) is 70.9 Å². The molecule has 0 saturated heterocycles. The van der Waals surface area contributed by atoms with Gasteiger partial charge in [-0.3, -0.25) is 0 Å². The van der Waals surface area contributed by atoms with Gasteiger partial charge >= 0.3 is 0 Å². The van der Waals surface area contributed by atoms with Crippen LogP contribution in [-0.4, -0.2) is 18.3 Å². The highest BCUT2D eigenvalue weighted by Gasteiger charge is 2.27.